The van der Waals surface area contributed by atoms with Crippen molar-refractivity contribution in [2.75, 3.05) is 19.8 Å². The van der Waals surface area contributed by atoms with Crippen LogP contribution in [0.2, 0.25) is 0 Å². The van der Waals surface area contributed by atoms with Crippen molar-refractivity contribution in [3.05, 3.63) is 12.3 Å². The van der Waals surface area contributed by atoms with Crippen LogP contribution >= 0.6 is 0 Å². The van der Waals surface area contributed by atoms with Gasteiger partial charge in [0.05, 0.1) is 0 Å². The molecule has 4 nitrogen and oxygen atoms in total. The van der Waals surface area contributed by atoms with Crippen molar-refractivity contribution in [2.45, 2.75) is 96.3 Å². The van der Waals surface area contributed by atoms with E-state index in [1.54, 1.807) is 0 Å². The molecule has 0 saturated heterocycles. The van der Waals surface area contributed by atoms with Gasteiger partial charge in [-0.15, -0.1) is 0 Å². The second-order valence-electron chi connectivity index (χ2n) is 6.63. The summed E-state index contributed by atoms with van der Waals surface area (Å²) in [5.74, 6) is 0.791. The van der Waals surface area contributed by atoms with Crippen molar-refractivity contribution >= 4 is 0 Å². The van der Waals surface area contributed by atoms with E-state index in [1.807, 2.05) is 0 Å². The highest BCUT2D eigenvalue weighted by Crippen LogP contribution is 2.12. The zero-order chi connectivity index (χ0) is 17.7. The van der Waals surface area contributed by atoms with Crippen molar-refractivity contribution in [3.8, 4) is 0 Å². The average Bonchev–Trinajstić information content (AvgIpc) is 2.59. The normalized spacial score (nSPS) is 10.9. The van der Waals surface area contributed by atoms with E-state index in [-0.39, 0.29) is 0 Å². The Morgan fingerprint density at radius 1 is 0.625 bits per heavy atom. The lowest BCUT2D eigenvalue weighted by molar-refractivity contribution is -0.389. The fourth-order valence-electron chi connectivity index (χ4n) is 2.67. The summed E-state index contributed by atoms with van der Waals surface area (Å²) in [6.07, 6.45) is 17.2. The van der Waals surface area contributed by atoms with Crippen LogP contribution in [0.5, 0.6) is 0 Å². The van der Waals surface area contributed by atoms with Gasteiger partial charge in [-0.1, -0.05) is 64.4 Å². The molecule has 0 saturated carbocycles. The number of aliphatic hydroxyl groups is 3. The first kappa shape index (κ1) is 23.4. The minimum absolute atomic E-state index is 0.324. The van der Waals surface area contributed by atoms with E-state index in [4.69, 9.17) is 15.1 Å². The summed E-state index contributed by atoms with van der Waals surface area (Å²) in [5.41, 5.74) is 0. The van der Waals surface area contributed by atoms with Gasteiger partial charge in [-0.05, 0) is 25.7 Å². The van der Waals surface area contributed by atoms with Crippen LogP contribution in [0.1, 0.15) is 96.3 Å². The zero-order valence-corrected chi connectivity index (χ0v) is 15.7. The van der Waals surface area contributed by atoms with Gasteiger partial charge in [-0.25, -0.2) is 9.78 Å². The van der Waals surface area contributed by atoms with Gasteiger partial charge in [0.15, 0.2) is 12.4 Å². The molecule has 0 aliphatic carbocycles. The molecule has 0 rings (SSSR count). The largest absolute Gasteiger partial charge is 0.396 e. The van der Waals surface area contributed by atoms with Crippen molar-refractivity contribution in [1.29, 1.82) is 0 Å². The molecule has 0 spiro atoms. The molecule has 0 aliphatic rings. The maximum absolute atomic E-state index is 8.70. The Kier molecular flexibility index (Phi) is 20.0. The summed E-state index contributed by atoms with van der Waals surface area (Å²) in [5, 5.41) is 17.4. The molecular weight excluding hydrogens is 304 g/mol. The van der Waals surface area contributed by atoms with Crippen molar-refractivity contribution < 1.29 is 20.0 Å². The first-order valence-corrected chi connectivity index (χ1v) is 10.0. The van der Waals surface area contributed by atoms with Crippen LogP contribution in [-0.2, 0) is 4.89 Å². The Balaban J connectivity index is 3.13. The molecule has 0 bridgehead atoms. The molecule has 0 radical (unpaired) electrons. The first-order valence-electron chi connectivity index (χ1n) is 10.0. The molecule has 0 heterocycles. The predicted octanol–water partition coefficient (Wildman–Crippen LogP) is 4.80. The molecule has 0 atom stereocenters. The summed E-state index contributed by atoms with van der Waals surface area (Å²) < 4.78 is 0. The quantitative estimate of drug-likeness (QED) is 0.110. The van der Waals surface area contributed by atoms with Crippen LogP contribution in [-0.4, -0.2) is 34.9 Å². The fraction of sp³-hybridized carbons (Fsp3) is 0.900. The van der Waals surface area contributed by atoms with Gasteiger partial charge in [-0.3, -0.25) is 0 Å². The number of aliphatic hydroxyl groups excluding tert-OH is 2. The highest BCUT2D eigenvalue weighted by molar-refractivity contribution is 4.79. The molecule has 0 aromatic rings. The molecule has 0 aliphatic heterocycles. The number of rotatable bonds is 20. The van der Waals surface area contributed by atoms with Crippen LogP contribution in [0, 0.1) is 0 Å². The Morgan fingerprint density at radius 2 is 1.04 bits per heavy atom. The summed E-state index contributed by atoms with van der Waals surface area (Å²) >= 11 is 0. The monoisotopic (exact) mass is 345 g/mol. The number of hydrogen-bond donors (Lipinski definition) is 2. The van der Waals surface area contributed by atoms with Gasteiger partial charge in [-0.2, -0.15) is 0 Å². The van der Waals surface area contributed by atoms with Gasteiger partial charge in [0.25, 0.3) is 0 Å². The molecule has 3 N–H and O–H groups in total. The molecule has 0 unspecified atom stereocenters. The standard InChI is InChI=1S/C20H40O4/c1-20(16-12-8-4-2-5-9-13-17-21)24-23-19-15-11-7-3-6-10-14-18-22/h21-22H,1-19H2/p+1. The topological polar surface area (TPSA) is 62.5 Å². The van der Waals surface area contributed by atoms with Crippen LogP contribution in [0.25, 0.3) is 0 Å². The Bertz CT molecular complexity index is 256. The maximum atomic E-state index is 8.70. The van der Waals surface area contributed by atoms with Gasteiger partial charge < -0.3 is 10.2 Å². The molecule has 4 heteroatoms. The van der Waals surface area contributed by atoms with Crippen LogP contribution in [0.3, 0.4) is 0 Å². The average molecular weight is 346 g/mol. The smallest absolute Gasteiger partial charge is 0.195 e. The zero-order valence-electron chi connectivity index (χ0n) is 15.7. The maximum Gasteiger partial charge on any atom is 0.195 e. The second-order valence-corrected chi connectivity index (χ2v) is 6.63. The molecular formula is C20H41O4+. The lowest BCUT2D eigenvalue weighted by atomic mass is 10.1. The predicted molar refractivity (Wildman–Crippen MR) is 101 cm³/mol. The third kappa shape index (κ3) is 19.5. The summed E-state index contributed by atoms with van der Waals surface area (Å²) in [6, 6.07) is 0. The third-order valence-corrected chi connectivity index (χ3v) is 4.21. The lowest BCUT2D eigenvalue weighted by Crippen LogP contribution is -2.02. The van der Waals surface area contributed by atoms with Gasteiger partial charge >= 0.3 is 0 Å². The molecule has 0 amide bonds. The van der Waals surface area contributed by atoms with E-state index in [0.717, 1.165) is 57.3 Å². The number of allylic oxidation sites excluding steroid dienone is 1. The fourth-order valence-corrected chi connectivity index (χ4v) is 2.67. The minimum Gasteiger partial charge on any atom is -0.396 e. The van der Waals surface area contributed by atoms with E-state index in [2.05, 4.69) is 11.5 Å². The Labute approximate surface area is 149 Å². The lowest BCUT2D eigenvalue weighted by Gasteiger charge is -2.04. The number of unbranched alkanes of at least 4 members (excludes halogenated alkanes) is 12. The Morgan fingerprint density at radius 3 is 1.54 bits per heavy atom. The van der Waals surface area contributed by atoms with Gasteiger partial charge in [0.2, 0.25) is 0 Å². The molecule has 0 aromatic heterocycles. The molecule has 0 fully saturated rings. The summed E-state index contributed by atoms with van der Waals surface area (Å²) in [6.45, 7) is 5.34. The third-order valence-electron chi connectivity index (χ3n) is 4.21. The second kappa shape index (κ2) is 20.5. The van der Waals surface area contributed by atoms with E-state index in [9.17, 15) is 0 Å². The van der Waals surface area contributed by atoms with Crippen LogP contribution in [0.4, 0.5) is 0 Å². The highest BCUT2D eigenvalue weighted by atomic mass is 17.2. The van der Waals surface area contributed by atoms with E-state index in [1.165, 1.54) is 51.4 Å². The summed E-state index contributed by atoms with van der Waals surface area (Å²) in [7, 11) is 0. The summed E-state index contributed by atoms with van der Waals surface area (Å²) in [4.78, 5) is 9.45. The van der Waals surface area contributed by atoms with E-state index >= 15 is 0 Å². The van der Waals surface area contributed by atoms with Crippen molar-refractivity contribution in [2.24, 2.45) is 0 Å². The number of hydrogen-bond acceptors (Lipinski definition) is 3. The van der Waals surface area contributed by atoms with Crippen LogP contribution in [0.15, 0.2) is 12.3 Å². The van der Waals surface area contributed by atoms with E-state index in [0.29, 0.717) is 13.2 Å². The van der Waals surface area contributed by atoms with Gasteiger partial charge in [0.1, 0.15) is 0 Å². The highest BCUT2D eigenvalue weighted by Gasteiger charge is 2.01. The molecule has 24 heavy (non-hydrogen) atoms. The minimum atomic E-state index is 0.324. The molecule has 0 aromatic carbocycles. The first-order chi connectivity index (χ1) is 11.8. The Hall–Kier alpha value is -0.580. The van der Waals surface area contributed by atoms with E-state index < -0.39 is 0 Å². The molecule has 144 valence electrons. The van der Waals surface area contributed by atoms with Crippen LogP contribution < -0.4 is 0 Å². The van der Waals surface area contributed by atoms with Crippen molar-refractivity contribution in [1.82, 2.24) is 0 Å². The van der Waals surface area contributed by atoms with Gasteiger partial charge in [0, 0.05) is 26.1 Å². The van der Waals surface area contributed by atoms with Crippen molar-refractivity contribution in [3.63, 3.8) is 0 Å². The SMILES string of the molecule is C=C(CCCCCCCCCO)O[OH+]CCCCCCCCCO.